The summed E-state index contributed by atoms with van der Waals surface area (Å²) in [6, 6.07) is 2.95. The van der Waals surface area contributed by atoms with Gasteiger partial charge in [-0.1, -0.05) is 12.1 Å². The minimum Gasteiger partial charge on any atom is -0.356 e. The summed E-state index contributed by atoms with van der Waals surface area (Å²) in [6.07, 6.45) is 2.30. The van der Waals surface area contributed by atoms with Gasteiger partial charge in [-0.25, -0.2) is 0 Å². The highest BCUT2D eigenvalue weighted by atomic mass is 16.6. The monoisotopic (exact) mass is 192 g/mol. The molecule has 0 saturated carbocycles. The molecule has 0 bridgehead atoms. The van der Waals surface area contributed by atoms with Gasteiger partial charge >= 0.3 is 0 Å². The fourth-order valence-corrected chi connectivity index (χ4v) is 1.42. The van der Waals surface area contributed by atoms with Crippen molar-refractivity contribution in [2.45, 2.75) is 13.3 Å². The number of fused-ring (bicyclic) bond motifs is 1. The maximum Gasteiger partial charge on any atom is 0.273 e. The SMILES string of the molecule is CCc1cc([N+](=O)[O-])cc2oncc12. The van der Waals surface area contributed by atoms with Crippen LogP contribution in [0.4, 0.5) is 5.69 Å². The zero-order valence-electron chi connectivity index (χ0n) is 7.56. The smallest absolute Gasteiger partial charge is 0.273 e. The minimum absolute atomic E-state index is 0.0473. The molecule has 1 aromatic carbocycles. The number of nitro benzene ring substituents is 1. The number of nitro groups is 1. The van der Waals surface area contributed by atoms with Gasteiger partial charge in [0, 0.05) is 11.5 Å². The molecule has 0 saturated heterocycles. The molecule has 5 heteroatoms. The first-order valence-corrected chi connectivity index (χ1v) is 4.24. The Kier molecular flexibility index (Phi) is 1.92. The molecule has 2 rings (SSSR count). The second kappa shape index (κ2) is 3.10. The molecule has 0 atom stereocenters. The molecule has 0 unspecified atom stereocenters. The highest BCUT2D eigenvalue weighted by molar-refractivity contribution is 5.82. The molecule has 0 fully saturated rings. The van der Waals surface area contributed by atoms with Crippen molar-refractivity contribution in [1.29, 1.82) is 0 Å². The highest BCUT2D eigenvalue weighted by Gasteiger charge is 2.12. The average molecular weight is 192 g/mol. The first-order chi connectivity index (χ1) is 6.72. The Morgan fingerprint density at radius 3 is 3.00 bits per heavy atom. The number of hydrogen-bond donors (Lipinski definition) is 0. The zero-order valence-corrected chi connectivity index (χ0v) is 7.56. The van der Waals surface area contributed by atoms with Crippen molar-refractivity contribution in [2.75, 3.05) is 0 Å². The van der Waals surface area contributed by atoms with E-state index in [1.165, 1.54) is 6.07 Å². The van der Waals surface area contributed by atoms with Gasteiger partial charge in [-0.05, 0) is 12.0 Å². The maximum absolute atomic E-state index is 10.6. The Morgan fingerprint density at radius 2 is 2.36 bits per heavy atom. The van der Waals surface area contributed by atoms with Gasteiger partial charge in [-0.3, -0.25) is 10.1 Å². The molecule has 1 heterocycles. The predicted octanol–water partition coefficient (Wildman–Crippen LogP) is 2.30. The van der Waals surface area contributed by atoms with E-state index in [4.69, 9.17) is 4.52 Å². The van der Waals surface area contributed by atoms with Gasteiger partial charge in [0.05, 0.1) is 17.2 Å². The number of rotatable bonds is 2. The molecule has 0 spiro atoms. The number of benzene rings is 1. The zero-order chi connectivity index (χ0) is 10.1. The van der Waals surface area contributed by atoms with E-state index in [1.54, 1.807) is 12.3 Å². The fraction of sp³-hybridized carbons (Fsp3) is 0.222. The van der Waals surface area contributed by atoms with Crippen LogP contribution in [-0.2, 0) is 6.42 Å². The highest BCUT2D eigenvalue weighted by Crippen LogP contribution is 2.25. The van der Waals surface area contributed by atoms with Crippen LogP contribution in [0.15, 0.2) is 22.9 Å². The summed E-state index contributed by atoms with van der Waals surface area (Å²) in [5.74, 6) is 0. The molecule has 0 aliphatic rings. The Bertz CT molecular complexity index is 490. The molecular formula is C9H8N2O3. The normalized spacial score (nSPS) is 10.6. The molecule has 0 radical (unpaired) electrons. The van der Waals surface area contributed by atoms with Gasteiger partial charge in [0.15, 0.2) is 5.58 Å². The Morgan fingerprint density at radius 1 is 1.57 bits per heavy atom. The van der Waals surface area contributed by atoms with Crippen LogP contribution in [0.2, 0.25) is 0 Å². The molecule has 72 valence electrons. The van der Waals surface area contributed by atoms with Gasteiger partial charge in [-0.2, -0.15) is 0 Å². The molecule has 5 nitrogen and oxygen atoms in total. The molecule has 0 aliphatic heterocycles. The van der Waals surface area contributed by atoms with Crippen molar-refractivity contribution < 1.29 is 9.45 Å². The lowest BCUT2D eigenvalue weighted by Gasteiger charge is -1.97. The van der Waals surface area contributed by atoms with E-state index >= 15 is 0 Å². The van der Waals surface area contributed by atoms with E-state index in [-0.39, 0.29) is 5.69 Å². The lowest BCUT2D eigenvalue weighted by molar-refractivity contribution is -0.384. The molecule has 0 amide bonds. The molecule has 1 aromatic heterocycles. The quantitative estimate of drug-likeness (QED) is 0.540. The Hall–Kier alpha value is -1.91. The van der Waals surface area contributed by atoms with E-state index in [1.807, 2.05) is 6.92 Å². The number of aromatic nitrogens is 1. The maximum atomic E-state index is 10.6. The summed E-state index contributed by atoms with van der Waals surface area (Å²) in [6.45, 7) is 1.94. The van der Waals surface area contributed by atoms with Crippen LogP contribution in [0.25, 0.3) is 11.0 Å². The second-order valence-electron chi connectivity index (χ2n) is 2.95. The van der Waals surface area contributed by atoms with E-state index in [0.717, 1.165) is 17.4 Å². The van der Waals surface area contributed by atoms with E-state index in [9.17, 15) is 10.1 Å². The fourth-order valence-electron chi connectivity index (χ4n) is 1.42. The van der Waals surface area contributed by atoms with E-state index in [0.29, 0.717) is 5.58 Å². The molecule has 14 heavy (non-hydrogen) atoms. The van der Waals surface area contributed by atoms with Crippen LogP contribution in [0.5, 0.6) is 0 Å². The number of non-ortho nitro benzene ring substituents is 1. The molecular weight excluding hydrogens is 184 g/mol. The minimum atomic E-state index is -0.429. The van der Waals surface area contributed by atoms with Crippen LogP contribution in [0.3, 0.4) is 0 Å². The third-order valence-corrected chi connectivity index (χ3v) is 2.14. The van der Waals surface area contributed by atoms with Crippen LogP contribution in [-0.4, -0.2) is 10.1 Å². The van der Waals surface area contributed by atoms with Crippen molar-refractivity contribution >= 4 is 16.7 Å². The lowest BCUT2D eigenvalue weighted by atomic mass is 10.1. The summed E-state index contributed by atoms with van der Waals surface area (Å²) < 4.78 is 4.90. The lowest BCUT2D eigenvalue weighted by Crippen LogP contribution is -1.90. The van der Waals surface area contributed by atoms with Crippen molar-refractivity contribution in [1.82, 2.24) is 5.16 Å². The van der Waals surface area contributed by atoms with Crippen molar-refractivity contribution in [3.8, 4) is 0 Å². The van der Waals surface area contributed by atoms with Crippen LogP contribution in [0, 0.1) is 10.1 Å². The molecule has 2 aromatic rings. The summed E-state index contributed by atoms with van der Waals surface area (Å²) in [5, 5.41) is 15.0. The van der Waals surface area contributed by atoms with Crippen molar-refractivity contribution in [3.05, 3.63) is 34.0 Å². The van der Waals surface area contributed by atoms with Crippen molar-refractivity contribution in [3.63, 3.8) is 0 Å². The van der Waals surface area contributed by atoms with E-state index < -0.39 is 4.92 Å². The van der Waals surface area contributed by atoms with Gasteiger partial charge in [-0.15, -0.1) is 0 Å². The third-order valence-electron chi connectivity index (χ3n) is 2.14. The number of aryl methyl sites for hydroxylation is 1. The molecule has 0 aliphatic carbocycles. The summed E-state index contributed by atoms with van der Waals surface area (Å²) in [7, 11) is 0. The van der Waals surface area contributed by atoms with Gasteiger partial charge in [0.25, 0.3) is 5.69 Å². The summed E-state index contributed by atoms with van der Waals surface area (Å²) in [4.78, 5) is 10.1. The van der Waals surface area contributed by atoms with Gasteiger partial charge in [0.1, 0.15) is 0 Å². The van der Waals surface area contributed by atoms with Crippen molar-refractivity contribution in [2.24, 2.45) is 0 Å². The first-order valence-electron chi connectivity index (χ1n) is 4.24. The standard InChI is InChI=1S/C9H8N2O3/c1-2-6-3-7(11(12)13)4-9-8(6)5-10-14-9/h3-5H,2H2,1H3. The van der Waals surface area contributed by atoms with Crippen LogP contribution >= 0.6 is 0 Å². The van der Waals surface area contributed by atoms with Crippen LogP contribution < -0.4 is 0 Å². The largest absolute Gasteiger partial charge is 0.356 e. The molecule has 0 N–H and O–H groups in total. The average Bonchev–Trinajstić information content (AvgIpc) is 2.63. The van der Waals surface area contributed by atoms with E-state index in [2.05, 4.69) is 5.16 Å². The summed E-state index contributed by atoms with van der Waals surface area (Å²) in [5.41, 5.74) is 1.40. The Balaban J connectivity index is 2.73. The number of hydrogen-bond acceptors (Lipinski definition) is 4. The first kappa shape index (κ1) is 8.68. The van der Waals surface area contributed by atoms with Gasteiger partial charge < -0.3 is 4.52 Å². The van der Waals surface area contributed by atoms with Crippen LogP contribution in [0.1, 0.15) is 12.5 Å². The topological polar surface area (TPSA) is 69.2 Å². The predicted molar refractivity (Wildman–Crippen MR) is 50.0 cm³/mol. The van der Waals surface area contributed by atoms with Gasteiger partial charge in [0.2, 0.25) is 0 Å². The third kappa shape index (κ3) is 1.22. The summed E-state index contributed by atoms with van der Waals surface area (Å²) >= 11 is 0. The Labute approximate surface area is 79.5 Å². The second-order valence-corrected chi connectivity index (χ2v) is 2.95. The number of nitrogens with zero attached hydrogens (tertiary/aromatic N) is 2.